The van der Waals surface area contributed by atoms with E-state index in [2.05, 4.69) is 38.2 Å². The second-order valence-corrected chi connectivity index (χ2v) is 9.23. The van der Waals surface area contributed by atoms with Crippen molar-refractivity contribution >= 4 is 11.7 Å². The summed E-state index contributed by atoms with van der Waals surface area (Å²) < 4.78 is 0. The van der Waals surface area contributed by atoms with Crippen LogP contribution in [-0.4, -0.2) is 22.8 Å². The maximum Gasteiger partial charge on any atom is 0.259 e. The van der Waals surface area contributed by atoms with Crippen molar-refractivity contribution in [1.29, 1.82) is 0 Å². The van der Waals surface area contributed by atoms with Gasteiger partial charge in [-0.15, -0.1) is 0 Å². The molecule has 0 radical (unpaired) electrons. The number of Topliss-reactive ketones (excluding diaryl/α,β-unsaturated/α-hetero) is 1. The molecule has 4 heteroatoms. The zero-order valence-corrected chi connectivity index (χ0v) is 18.2. The molecule has 0 spiro atoms. The SMILES string of the molecule is CC(Cc1ccc(C(C)(C)C)cc1)/C(O)=C1\C(=O)NC(CCc2ccccc2)C1=O. The number of aliphatic hydroxyl groups excluding tert-OH is 1. The number of hydrogen-bond acceptors (Lipinski definition) is 3. The Morgan fingerprint density at radius 3 is 2.23 bits per heavy atom. The lowest BCUT2D eigenvalue weighted by Crippen LogP contribution is -2.29. The standard InChI is InChI=1S/C26H31NO3/c1-17(16-19-10-13-20(14-11-19)26(2,3)4)23(28)22-24(29)21(27-25(22)30)15-12-18-8-6-5-7-9-18/h5-11,13-14,17,21,28H,12,15-16H2,1-4H3,(H,27,30)/b23-22+. The summed E-state index contributed by atoms with van der Waals surface area (Å²) in [6.07, 6.45) is 1.78. The molecule has 0 aromatic heterocycles. The predicted octanol–water partition coefficient (Wildman–Crippen LogP) is 4.68. The molecule has 2 unspecified atom stereocenters. The van der Waals surface area contributed by atoms with Gasteiger partial charge in [0.1, 0.15) is 11.3 Å². The average molecular weight is 406 g/mol. The van der Waals surface area contributed by atoms with Gasteiger partial charge in [-0.05, 0) is 41.4 Å². The number of benzene rings is 2. The van der Waals surface area contributed by atoms with E-state index in [1.165, 1.54) is 5.56 Å². The Labute approximate surface area is 179 Å². The molecule has 1 amide bonds. The Bertz CT molecular complexity index is 936. The Balaban J connectivity index is 1.68. The van der Waals surface area contributed by atoms with Gasteiger partial charge in [0, 0.05) is 5.92 Å². The zero-order valence-electron chi connectivity index (χ0n) is 18.2. The fourth-order valence-electron chi connectivity index (χ4n) is 3.82. The molecule has 3 rings (SSSR count). The summed E-state index contributed by atoms with van der Waals surface area (Å²) in [4.78, 5) is 25.2. The van der Waals surface area contributed by atoms with Crippen LogP contribution in [0.15, 0.2) is 65.9 Å². The summed E-state index contributed by atoms with van der Waals surface area (Å²) in [7, 11) is 0. The van der Waals surface area contributed by atoms with E-state index in [1.54, 1.807) is 0 Å². The van der Waals surface area contributed by atoms with Crippen LogP contribution in [0.4, 0.5) is 0 Å². The van der Waals surface area contributed by atoms with Crippen LogP contribution < -0.4 is 5.32 Å². The highest BCUT2D eigenvalue weighted by molar-refractivity contribution is 6.26. The van der Waals surface area contributed by atoms with Crippen molar-refractivity contribution in [3.63, 3.8) is 0 Å². The van der Waals surface area contributed by atoms with E-state index in [1.807, 2.05) is 49.4 Å². The van der Waals surface area contributed by atoms with E-state index >= 15 is 0 Å². The molecule has 158 valence electrons. The van der Waals surface area contributed by atoms with Gasteiger partial charge in [0.15, 0.2) is 5.78 Å². The third-order valence-electron chi connectivity index (χ3n) is 5.74. The van der Waals surface area contributed by atoms with Gasteiger partial charge in [0.05, 0.1) is 6.04 Å². The van der Waals surface area contributed by atoms with Gasteiger partial charge in [-0.1, -0.05) is 82.3 Å². The Morgan fingerprint density at radius 2 is 1.63 bits per heavy atom. The minimum atomic E-state index is -0.576. The minimum absolute atomic E-state index is 0.0770. The molecule has 0 bridgehead atoms. The Hall–Kier alpha value is -2.88. The largest absolute Gasteiger partial charge is 0.511 e. The van der Waals surface area contributed by atoms with Gasteiger partial charge in [-0.2, -0.15) is 0 Å². The van der Waals surface area contributed by atoms with Crippen molar-refractivity contribution < 1.29 is 14.7 Å². The van der Waals surface area contributed by atoms with Crippen LogP contribution in [0.5, 0.6) is 0 Å². The molecular weight excluding hydrogens is 374 g/mol. The maximum absolute atomic E-state index is 12.8. The molecule has 2 aromatic carbocycles. The molecule has 2 atom stereocenters. The Morgan fingerprint density at radius 1 is 1.00 bits per heavy atom. The molecular formula is C26H31NO3. The van der Waals surface area contributed by atoms with Crippen LogP contribution in [0.2, 0.25) is 0 Å². The first kappa shape index (κ1) is 21.8. The zero-order chi connectivity index (χ0) is 21.9. The number of hydrogen-bond donors (Lipinski definition) is 2. The van der Waals surface area contributed by atoms with E-state index in [9.17, 15) is 14.7 Å². The number of aryl methyl sites for hydroxylation is 1. The topological polar surface area (TPSA) is 66.4 Å². The van der Waals surface area contributed by atoms with Crippen LogP contribution in [0.25, 0.3) is 0 Å². The molecule has 2 N–H and O–H groups in total. The molecule has 0 saturated carbocycles. The lowest BCUT2D eigenvalue weighted by atomic mass is 9.86. The summed E-state index contributed by atoms with van der Waals surface area (Å²) in [5.74, 6) is -1.20. The monoisotopic (exact) mass is 405 g/mol. The van der Waals surface area contributed by atoms with Crippen LogP contribution in [0.1, 0.15) is 50.8 Å². The van der Waals surface area contributed by atoms with Gasteiger partial charge in [0.25, 0.3) is 5.91 Å². The number of allylic oxidation sites excluding steroid dienone is 1. The van der Waals surface area contributed by atoms with Crippen molar-refractivity contribution in [2.75, 3.05) is 0 Å². The van der Waals surface area contributed by atoms with Gasteiger partial charge in [-0.3, -0.25) is 9.59 Å². The molecule has 1 saturated heterocycles. The molecule has 2 aromatic rings. The summed E-state index contributed by atoms with van der Waals surface area (Å²) >= 11 is 0. The number of ketones is 1. The highest BCUT2D eigenvalue weighted by atomic mass is 16.3. The number of amides is 1. The van der Waals surface area contributed by atoms with Crippen molar-refractivity contribution in [2.24, 2.45) is 5.92 Å². The first-order valence-electron chi connectivity index (χ1n) is 10.6. The number of carbonyl (C=O) groups is 2. The smallest absolute Gasteiger partial charge is 0.259 e. The van der Waals surface area contributed by atoms with Gasteiger partial charge in [-0.25, -0.2) is 0 Å². The highest BCUT2D eigenvalue weighted by Crippen LogP contribution is 2.26. The molecule has 0 aliphatic carbocycles. The fourth-order valence-corrected chi connectivity index (χ4v) is 3.82. The van der Waals surface area contributed by atoms with Crippen LogP contribution in [0.3, 0.4) is 0 Å². The van der Waals surface area contributed by atoms with Gasteiger partial charge in [0.2, 0.25) is 0 Å². The maximum atomic E-state index is 12.8. The van der Waals surface area contributed by atoms with Crippen LogP contribution in [-0.2, 0) is 27.8 Å². The second kappa shape index (κ2) is 8.86. The van der Waals surface area contributed by atoms with Crippen LogP contribution >= 0.6 is 0 Å². The number of carbonyl (C=O) groups excluding carboxylic acids is 2. The molecule has 1 aliphatic rings. The number of rotatable bonds is 6. The van der Waals surface area contributed by atoms with E-state index in [4.69, 9.17) is 0 Å². The first-order valence-corrected chi connectivity index (χ1v) is 10.6. The lowest BCUT2D eigenvalue weighted by Gasteiger charge is -2.19. The van der Waals surface area contributed by atoms with Crippen molar-refractivity contribution in [2.45, 2.75) is 58.4 Å². The average Bonchev–Trinajstić information content (AvgIpc) is 2.99. The van der Waals surface area contributed by atoms with Gasteiger partial charge < -0.3 is 10.4 Å². The van der Waals surface area contributed by atoms with Crippen molar-refractivity contribution in [1.82, 2.24) is 5.32 Å². The third-order valence-corrected chi connectivity index (χ3v) is 5.74. The highest BCUT2D eigenvalue weighted by Gasteiger charge is 2.38. The Kier molecular flexibility index (Phi) is 6.45. The number of nitrogens with one attached hydrogen (secondary N) is 1. The molecule has 30 heavy (non-hydrogen) atoms. The number of aliphatic hydroxyl groups is 1. The second-order valence-electron chi connectivity index (χ2n) is 9.23. The molecule has 1 aliphatic heterocycles. The lowest BCUT2D eigenvalue weighted by molar-refractivity contribution is -0.117. The quantitative estimate of drug-likeness (QED) is 0.417. The van der Waals surface area contributed by atoms with Crippen LogP contribution in [0, 0.1) is 5.92 Å². The van der Waals surface area contributed by atoms with E-state index in [0.29, 0.717) is 19.3 Å². The summed E-state index contributed by atoms with van der Waals surface area (Å²) in [5.41, 5.74) is 3.43. The summed E-state index contributed by atoms with van der Waals surface area (Å²) in [6, 6.07) is 17.6. The van der Waals surface area contributed by atoms with E-state index < -0.39 is 11.9 Å². The fraction of sp³-hybridized carbons (Fsp3) is 0.385. The summed E-state index contributed by atoms with van der Waals surface area (Å²) in [5, 5.41) is 13.4. The van der Waals surface area contributed by atoms with E-state index in [-0.39, 0.29) is 28.4 Å². The predicted molar refractivity (Wildman–Crippen MR) is 119 cm³/mol. The molecule has 1 heterocycles. The molecule has 4 nitrogen and oxygen atoms in total. The van der Waals surface area contributed by atoms with Gasteiger partial charge >= 0.3 is 0 Å². The third kappa shape index (κ3) is 4.99. The normalized spacial score (nSPS) is 19.5. The molecule has 1 fully saturated rings. The first-order chi connectivity index (χ1) is 14.2. The van der Waals surface area contributed by atoms with E-state index in [0.717, 1.165) is 11.1 Å². The van der Waals surface area contributed by atoms with Crippen molar-refractivity contribution in [3.05, 3.63) is 82.6 Å². The van der Waals surface area contributed by atoms with Crippen molar-refractivity contribution in [3.8, 4) is 0 Å². The minimum Gasteiger partial charge on any atom is -0.511 e. The summed E-state index contributed by atoms with van der Waals surface area (Å²) in [6.45, 7) is 8.34.